The van der Waals surface area contributed by atoms with E-state index in [4.69, 9.17) is 5.11 Å². The van der Waals surface area contributed by atoms with Gasteiger partial charge in [-0.1, -0.05) is 18.2 Å². The highest BCUT2D eigenvalue weighted by Crippen LogP contribution is 2.22. The number of rotatable bonds is 4. The number of benzene rings is 1. The second-order valence-corrected chi connectivity index (χ2v) is 5.14. The van der Waals surface area contributed by atoms with Gasteiger partial charge >= 0.3 is 0 Å². The molecule has 0 heterocycles. The molecule has 0 fully saturated rings. The van der Waals surface area contributed by atoms with Crippen LogP contribution in [-0.2, 0) is 24.1 Å². The highest BCUT2D eigenvalue weighted by Gasteiger charge is 2.12. The summed E-state index contributed by atoms with van der Waals surface area (Å²) in [5.41, 5.74) is 3.91. The zero-order valence-electron chi connectivity index (χ0n) is 10.9. The van der Waals surface area contributed by atoms with Crippen LogP contribution in [0.3, 0.4) is 0 Å². The van der Waals surface area contributed by atoms with Gasteiger partial charge in [0, 0.05) is 6.04 Å². The van der Waals surface area contributed by atoms with E-state index in [0.29, 0.717) is 6.42 Å². The molecule has 0 unspecified atom stereocenters. The van der Waals surface area contributed by atoms with Crippen LogP contribution in [0.4, 0.5) is 0 Å². The summed E-state index contributed by atoms with van der Waals surface area (Å²) in [4.78, 5) is 11.7. The number of aliphatic hydroxyl groups excluding tert-OH is 1. The normalized spacial score (nSPS) is 15.9. The van der Waals surface area contributed by atoms with Gasteiger partial charge in [0.2, 0.25) is 5.91 Å². The van der Waals surface area contributed by atoms with Crippen molar-refractivity contribution in [2.75, 3.05) is 6.61 Å². The molecule has 0 saturated carbocycles. The van der Waals surface area contributed by atoms with Crippen LogP contribution >= 0.6 is 0 Å². The molecule has 0 bridgehead atoms. The Hall–Kier alpha value is -1.35. The Morgan fingerprint density at radius 1 is 1.33 bits per heavy atom. The van der Waals surface area contributed by atoms with E-state index in [1.807, 2.05) is 6.07 Å². The largest absolute Gasteiger partial charge is 0.394 e. The number of hydrogen-bond donors (Lipinski definition) is 2. The molecule has 98 valence electrons. The number of carbonyl (C=O) groups is 1. The second-order valence-electron chi connectivity index (χ2n) is 5.14. The van der Waals surface area contributed by atoms with Gasteiger partial charge in [0.1, 0.15) is 0 Å². The molecule has 0 radical (unpaired) electrons. The van der Waals surface area contributed by atoms with Gasteiger partial charge in [0.15, 0.2) is 0 Å². The second kappa shape index (κ2) is 6.01. The van der Waals surface area contributed by atoms with Crippen LogP contribution in [0.1, 0.15) is 36.5 Å². The molecular weight excluding hydrogens is 226 g/mol. The van der Waals surface area contributed by atoms with Gasteiger partial charge < -0.3 is 10.4 Å². The van der Waals surface area contributed by atoms with E-state index in [-0.39, 0.29) is 18.6 Å². The fourth-order valence-electron chi connectivity index (χ4n) is 2.45. The van der Waals surface area contributed by atoms with Crippen molar-refractivity contribution in [1.29, 1.82) is 0 Å². The number of nitrogens with one attached hydrogen (secondary N) is 1. The maximum atomic E-state index is 11.7. The van der Waals surface area contributed by atoms with Crippen molar-refractivity contribution in [3.8, 4) is 0 Å². The Bertz CT molecular complexity index is 429. The number of aryl methyl sites for hydroxylation is 2. The maximum absolute atomic E-state index is 11.7. The first-order valence-corrected chi connectivity index (χ1v) is 6.70. The van der Waals surface area contributed by atoms with Crippen molar-refractivity contribution in [3.05, 3.63) is 34.9 Å². The van der Waals surface area contributed by atoms with Gasteiger partial charge in [-0.25, -0.2) is 0 Å². The summed E-state index contributed by atoms with van der Waals surface area (Å²) in [5, 5.41) is 11.7. The van der Waals surface area contributed by atoms with E-state index in [1.165, 1.54) is 30.4 Å². The SMILES string of the molecule is C[C@H](CO)NC(=O)Cc1ccc2c(c1)CCCC2. The number of fused-ring (bicyclic) bond motifs is 1. The zero-order chi connectivity index (χ0) is 13.0. The number of amides is 1. The monoisotopic (exact) mass is 247 g/mol. The third-order valence-electron chi connectivity index (χ3n) is 3.46. The molecule has 0 saturated heterocycles. The molecule has 0 spiro atoms. The Kier molecular flexibility index (Phi) is 4.37. The lowest BCUT2D eigenvalue weighted by Crippen LogP contribution is -2.36. The van der Waals surface area contributed by atoms with Gasteiger partial charge in [0.05, 0.1) is 13.0 Å². The van der Waals surface area contributed by atoms with E-state index in [9.17, 15) is 4.79 Å². The average molecular weight is 247 g/mol. The number of aliphatic hydroxyl groups is 1. The molecule has 3 heteroatoms. The number of carbonyl (C=O) groups excluding carboxylic acids is 1. The minimum absolute atomic E-state index is 0.0179. The Labute approximate surface area is 108 Å². The summed E-state index contributed by atoms with van der Waals surface area (Å²) >= 11 is 0. The standard InChI is InChI=1S/C15H21NO2/c1-11(10-17)16-15(18)9-12-6-7-13-4-2-3-5-14(13)8-12/h6-8,11,17H,2-5,9-10H2,1H3,(H,16,18)/t11-/m1/s1. The minimum Gasteiger partial charge on any atom is -0.394 e. The highest BCUT2D eigenvalue weighted by atomic mass is 16.3. The molecule has 1 atom stereocenters. The van der Waals surface area contributed by atoms with Crippen LogP contribution < -0.4 is 5.32 Å². The van der Waals surface area contributed by atoms with Crippen molar-refractivity contribution in [3.63, 3.8) is 0 Å². The van der Waals surface area contributed by atoms with Crippen LogP contribution in [-0.4, -0.2) is 23.7 Å². The van der Waals surface area contributed by atoms with Crippen LogP contribution in [0.15, 0.2) is 18.2 Å². The third kappa shape index (κ3) is 3.33. The first kappa shape index (κ1) is 13.1. The quantitative estimate of drug-likeness (QED) is 0.849. The lowest BCUT2D eigenvalue weighted by Gasteiger charge is -2.17. The topological polar surface area (TPSA) is 49.3 Å². The van der Waals surface area contributed by atoms with Gasteiger partial charge in [0.25, 0.3) is 0 Å². The summed E-state index contributed by atoms with van der Waals surface area (Å²) in [6, 6.07) is 6.20. The summed E-state index contributed by atoms with van der Waals surface area (Å²) < 4.78 is 0. The highest BCUT2D eigenvalue weighted by molar-refractivity contribution is 5.78. The fraction of sp³-hybridized carbons (Fsp3) is 0.533. The van der Waals surface area contributed by atoms with E-state index >= 15 is 0 Å². The molecule has 1 aliphatic carbocycles. The van der Waals surface area contributed by atoms with Crippen LogP contribution in [0.25, 0.3) is 0 Å². The average Bonchev–Trinajstić information content (AvgIpc) is 2.38. The molecule has 1 aromatic carbocycles. The van der Waals surface area contributed by atoms with Gasteiger partial charge in [-0.3, -0.25) is 4.79 Å². The van der Waals surface area contributed by atoms with Gasteiger partial charge in [-0.2, -0.15) is 0 Å². The summed E-state index contributed by atoms with van der Waals surface area (Å²) in [7, 11) is 0. The Balaban J connectivity index is 1.99. The minimum atomic E-state index is -0.171. The predicted molar refractivity (Wildman–Crippen MR) is 71.5 cm³/mol. The molecular formula is C15H21NO2. The molecule has 18 heavy (non-hydrogen) atoms. The molecule has 2 rings (SSSR count). The van der Waals surface area contributed by atoms with E-state index in [1.54, 1.807) is 6.92 Å². The first-order chi connectivity index (χ1) is 8.69. The Morgan fingerprint density at radius 3 is 2.78 bits per heavy atom. The fourth-order valence-corrected chi connectivity index (χ4v) is 2.45. The molecule has 0 aromatic heterocycles. The van der Waals surface area contributed by atoms with E-state index < -0.39 is 0 Å². The predicted octanol–water partition coefficient (Wildman–Crippen LogP) is 1.60. The molecule has 0 aliphatic heterocycles. The molecule has 2 N–H and O–H groups in total. The van der Waals surface area contributed by atoms with E-state index in [0.717, 1.165) is 12.0 Å². The van der Waals surface area contributed by atoms with E-state index in [2.05, 4.69) is 17.4 Å². The molecule has 1 aromatic rings. The van der Waals surface area contributed by atoms with Crippen LogP contribution in [0.5, 0.6) is 0 Å². The summed E-state index contributed by atoms with van der Waals surface area (Å²) in [6.07, 6.45) is 5.24. The van der Waals surface area contributed by atoms with Crippen LogP contribution in [0, 0.1) is 0 Å². The van der Waals surface area contributed by atoms with Crippen molar-refractivity contribution < 1.29 is 9.90 Å². The lowest BCUT2D eigenvalue weighted by atomic mass is 9.90. The molecule has 3 nitrogen and oxygen atoms in total. The number of hydrogen-bond acceptors (Lipinski definition) is 2. The lowest BCUT2D eigenvalue weighted by molar-refractivity contribution is -0.121. The summed E-state index contributed by atoms with van der Waals surface area (Å²) in [5.74, 6) is -0.0210. The maximum Gasteiger partial charge on any atom is 0.224 e. The first-order valence-electron chi connectivity index (χ1n) is 6.70. The molecule has 1 amide bonds. The van der Waals surface area contributed by atoms with Crippen LogP contribution in [0.2, 0.25) is 0 Å². The van der Waals surface area contributed by atoms with Gasteiger partial charge in [-0.15, -0.1) is 0 Å². The summed E-state index contributed by atoms with van der Waals surface area (Å²) in [6.45, 7) is 1.78. The van der Waals surface area contributed by atoms with Crippen molar-refractivity contribution >= 4 is 5.91 Å². The van der Waals surface area contributed by atoms with Crippen molar-refractivity contribution in [1.82, 2.24) is 5.32 Å². The Morgan fingerprint density at radius 2 is 2.06 bits per heavy atom. The zero-order valence-corrected chi connectivity index (χ0v) is 10.9. The molecule has 1 aliphatic rings. The smallest absolute Gasteiger partial charge is 0.224 e. The van der Waals surface area contributed by atoms with Crippen molar-refractivity contribution in [2.24, 2.45) is 0 Å². The third-order valence-corrected chi connectivity index (χ3v) is 3.46. The van der Waals surface area contributed by atoms with Gasteiger partial charge in [-0.05, 0) is 49.3 Å². The van der Waals surface area contributed by atoms with Crippen molar-refractivity contribution in [2.45, 2.75) is 45.1 Å².